The lowest BCUT2D eigenvalue weighted by Gasteiger charge is -2.21. The third-order valence-electron chi connectivity index (χ3n) is 6.98. The number of halogens is 4. The highest BCUT2D eigenvalue weighted by Crippen LogP contribution is 2.41. The Balaban J connectivity index is 1.43. The van der Waals surface area contributed by atoms with E-state index in [1.807, 2.05) is 24.6 Å². The Morgan fingerprint density at radius 2 is 2.02 bits per heavy atom. The summed E-state index contributed by atoms with van der Waals surface area (Å²) in [5, 5.41) is 4.28. The van der Waals surface area contributed by atoms with E-state index in [0.717, 1.165) is 36.5 Å². The number of ether oxygens (including phenoxy) is 3. The molecule has 4 heterocycles. The molecule has 0 aliphatic carbocycles. The van der Waals surface area contributed by atoms with Gasteiger partial charge in [0.2, 0.25) is 5.91 Å². The Labute approximate surface area is 235 Å². The Bertz CT molecular complexity index is 1390. The van der Waals surface area contributed by atoms with Gasteiger partial charge < -0.3 is 19.1 Å². The van der Waals surface area contributed by atoms with Crippen molar-refractivity contribution in [2.45, 2.75) is 58.5 Å². The molecule has 1 fully saturated rings. The predicted molar refractivity (Wildman–Crippen MR) is 141 cm³/mol. The lowest BCUT2D eigenvalue weighted by atomic mass is 10.0. The van der Waals surface area contributed by atoms with Gasteiger partial charge in [0.25, 0.3) is 0 Å². The molecule has 1 aromatic carbocycles. The first kappa shape index (κ1) is 28.2. The summed E-state index contributed by atoms with van der Waals surface area (Å²) in [7, 11) is 0. The molecule has 0 spiro atoms. The fourth-order valence-electron chi connectivity index (χ4n) is 4.97. The van der Waals surface area contributed by atoms with Gasteiger partial charge in [-0.15, -0.1) is 0 Å². The van der Waals surface area contributed by atoms with Crippen LogP contribution in [-0.4, -0.2) is 58.0 Å². The molecule has 1 unspecified atom stereocenters. The zero-order valence-corrected chi connectivity index (χ0v) is 23.0. The SMILES string of the molecule is Cc1cc(C)n(CCC(=O)N2CCOc3c(cc(-c4ncc(C(F)(F)F)cc4Cl)cc3OCC3CCCO3)C2)n1. The molecule has 5 rings (SSSR count). The number of amides is 1. The number of aryl methyl sites for hydroxylation is 3. The summed E-state index contributed by atoms with van der Waals surface area (Å²) in [6, 6.07) is 6.21. The Morgan fingerprint density at radius 3 is 2.70 bits per heavy atom. The molecule has 0 radical (unpaired) electrons. The number of hydrogen-bond donors (Lipinski definition) is 0. The van der Waals surface area contributed by atoms with Crippen LogP contribution in [0.4, 0.5) is 13.2 Å². The van der Waals surface area contributed by atoms with E-state index < -0.39 is 11.7 Å². The van der Waals surface area contributed by atoms with Crippen LogP contribution in [0.2, 0.25) is 5.02 Å². The topological polar surface area (TPSA) is 78.7 Å². The average Bonchev–Trinajstić information content (AvgIpc) is 3.47. The van der Waals surface area contributed by atoms with Crippen LogP contribution in [0.3, 0.4) is 0 Å². The maximum absolute atomic E-state index is 13.2. The summed E-state index contributed by atoms with van der Waals surface area (Å²) < 4.78 is 59.3. The molecule has 2 aliphatic rings. The van der Waals surface area contributed by atoms with Crippen molar-refractivity contribution in [3.8, 4) is 22.8 Å². The normalized spacial score (nSPS) is 17.4. The number of pyridine rings is 1. The molecule has 8 nitrogen and oxygen atoms in total. The number of aromatic nitrogens is 3. The van der Waals surface area contributed by atoms with Gasteiger partial charge in [0.05, 0.1) is 34.6 Å². The van der Waals surface area contributed by atoms with Crippen LogP contribution in [-0.2, 0) is 28.8 Å². The van der Waals surface area contributed by atoms with Crippen molar-refractivity contribution in [3.63, 3.8) is 0 Å². The van der Waals surface area contributed by atoms with Crippen LogP contribution in [0.5, 0.6) is 11.5 Å². The summed E-state index contributed by atoms with van der Waals surface area (Å²) in [5.41, 5.74) is 2.21. The quantitative estimate of drug-likeness (QED) is 0.363. The monoisotopic (exact) mass is 578 g/mol. The molecular formula is C28H30ClF3N4O4. The molecule has 40 heavy (non-hydrogen) atoms. The highest BCUT2D eigenvalue weighted by atomic mass is 35.5. The molecule has 2 aliphatic heterocycles. The number of rotatable bonds is 7. The van der Waals surface area contributed by atoms with Crippen molar-refractivity contribution in [1.82, 2.24) is 19.7 Å². The number of benzene rings is 1. The lowest BCUT2D eigenvalue weighted by Crippen LogP contribution is -2.33. The predicted octanol–water partition coefficient (Wildman–Crippen LogP) is 5.60. The number of carbonyl (C=O) groups excluding carboxylic acids is 1. The Morgan fingerprint density at radius 1 is 1.20 bits per heavy atom. The van der Waals surface area contributed by atoms with Crippen molar-refractivity contribution >= 4 is 17.5 Å². The largest absolute Gasteiger partial charge is 0.487 e. The third-order valence-corrected chi connectivity index (χ3v) is 7.27. The van der Waals surface area contributed by atoms with Gasteiger partial charge in [-0.1, -0.05) is 11.6 Å². The minimum absolute atomic E-state index is 0.0645. The lowest BCUT2D eigenvalue weighted by molar-refractivity contribution is -0.137. The first-order valence-corrected chi connectivity index (χ1v) is 13.5. The summed E-state index contributed by atoms with van der Waals surface area (Å²) in [6.45, 7) is 6.11. The fraction of sp³-hybridized carbons (Fsp3) is 0.464. The van der Waals surface area contributed by atoms with Gasteiger partial charge in [0.15, 0.2) is 11.5 Å². The van der Waals surface area contributed by atoms with Gasteiger partial charge in [0.1, 0.15) is 13.2 Å². The minimum atomic E-state index is -4.57. The van der Waals surface area contributed by atoms with Crippen molar-refractivity contribution in [3.05, 3.63) is 58.0 Å². The maximum Gasteiger partial charge on any atom is 0.417 e. The second kappa shape index (κ2) is 11.7. The number of fused-ring (bicyclic) bond motifs is 1. The number of nitrogens with zero attached hydrogens (tertiary/aromatic N) is 4. The molecule has 0 bridgehead atoms. The van der Waals surface area contributed by atoms with E-state index in [9.17, 15) is 18.0 Å². The van der Waals surface area contributed by atoms with Gasteiger partial charge in [-0.05, 0) is 51.0 Å². The van der Waals surface area contributed by atoms with Gasteiger partial charge in [-0.2, -0.15) is 18.3 Å². The molecule has 2 aromatic heterocycles. The number of carbonyl (C=O) groups is 1. The number of alkyl halides is 3. The van der Waals surface area contributed by atoms with Gasteiger partial charge >= 0.3 is 6.18 Å². The van der Waals surface area contributed by atoms with E-state index >= 15 is 0 Å². The molecule has 1 saturated heterocycles. The molecule has 1 atom stereocenters. The summed E-state index contributed by atoms with van der Waals surface area (Å²) in [6.07, 6.45) is -1.81. The van der Waals surface area contributed by atoms with Crippen LogP contribution >= 0.6 is 11.6 Å². The summed E-state index contributed by atoms with van der Waals surface area (Å²) >= 11 is 6.28. The fourth-order valence-corrected chi connectivity index (χ4v) is 5.24. The van der Waals surface area contributed by atoms with Gasteiger partial charge in [0, 0.05) is 49.1 Å². The van der Waals surface area contributed by atoms with Crippen LogP contribution in [0.1, 0.15) is 41.8 Å². The smallest absolute Gasteiger partial charge is 0.417 e. The standard InChI is InChI=1S/C28H30ClF3N4O4/c1-17-10-18(2)36(34-17)6-5-25(37)35-7-9-39-27-20(15-35)11-19(12-24(27)40-16-22-4-3-8-38-22)26-23(29)13-21(14-33-26)28(30,31)32/h10-14,22H,3-9,15-16H2,1-2H3. The molecule has 1 amide bonds. The van der Waals surface area contributed by atoms with Gasteiger partial charge in [-0.25, -0.2) is 0 Å². The maximum atomic E-state index is 13.2. The van der Waals surface area contributed by atoms with E-state index in [2.05, 4.69) is 10.1 Å². The van der Waals surface area contributed by atoms with Crippen molar-refractivity contribution in [1.29, 1.82) is 0 Å². The molecule has 12 heteroatoms. The highest BCUT2D eigenvalue weighted by molar-refractivity contribution is 6.33. The van der Waals surface area contributed by atoms with E-state index in [0.29, 0.717) is 48.9 Å². The molecule has 3 aromatic rings. The third kappa shape index (κ3) is 6.36. The zero-order chi connectivity index (χ0) is 28.4. The Kier molecular flexibility index (Phi) is 8.23. The molecule has 0 N–H and O–H groups in total. The first-order valence-electron chi connectivity index (χ1n) is 13.1. The minimum Gasteiger partial charge on any atom is -0.487 e. The van der Waals surface area contributed by atoms with Crippen molar-refractivity contribution in [2.24, 2.45) is 0 Å². The second-order valence-corrected chi connectivity index (χ2v) is 10.4. The van der Waals surface area contributed by atoms with E-state index in [1.54, 1.807) is 17.0 Å². The molecular weight excluding hydrogens is 549 g/mol. The average molecular weight is 579 g/mol. The second-order valence-electron chi connectivity index (χ2n) is 10.0. The van der Waals surface area contributed by atoms with Crippen molar-refractivity contribution in [2.75, 3.05) is 26.4 Å². The van der Waals surface area contributed by atoms with Crippen LogP contribution in [0.15, 0.2) is 30.5 Å². The van der Waals surface area contributed by atoms with Crippen LogP contribution in [0.25, 0.3) is 11.3 Å². The van der Waals surface area contributed by atoms with Crippen molar-refractivity contribution < 1.29 is 32.2 Å². The highest BCUT2D eigenvalue weighted by Gasteiger charge is 2.32. The van der Waals surface area contributed by atoms with E-state index in [-0.39, 0.29) is 42.3 Å². The van der Waals surface area contributed by atoms with Crippen LogP contribution < -0.4 is 9.47 Å². The molecule has 0 saturated carbocycles. The zero-order valence-electron chi connectivity index (χ0n) is 22.3. The van der Waals surface area contributed by atoms with E-state index in [1.165, 1.54) is 0 Å². The van der Waals surface area contributed by atoms with Crippen LogP contribution in [0, 0.1) is 13.8 Å². The Hall–Kier alpha value is -3.31. The summed E-state index contributed by atoms with van der Waals surface area (Å²) in [4.78, 5) is 19.0. The van der Waals surface area contributed by atoms with E-state index in [4.69, 9.17) is 25.8 Å². The molecule has 214 valence electrons. The summed E-state index contributed by atoms with van der Waals surface area (Å²) in [5.74, 6) is 0.818. The van der Waals surface area contributed by atoms with Gasteiger partial charge in [-0.3, -0.25) is 14.5 Å². The first-order chi connectivity index (χ1) is 19.1. The number of hydrogen-bond acceptors (Lipinski definition) is 6.